The van der Waals surface area contributed by atoms with E-state index in [0.29, 0.717) is 0 Å². The molecule has 298 valence electrons. The summed E-state index contributed by atoms with van der Waals surface area (Å²) in [5.41, 5.74) is 20.5. The Kier molecular flexibility index (Phi) is 8.49. The van der Waals surface area contributed by atoms with E-state index in [1.807, 2.05) is 0 Å². The monoisotopic (exact) mass is 803 g/mol. The molecule has 12 rings (SSSR count). The van der Waals surface area contributed by atoms with E-state index in [-0.39, 0.29) is 5.41 Å². The van der Waals surface area contributed by atoms with Gasteiger partial charge < -0.3 is 4.90 Å². The van der Waals surface area contributed by atoms with E-state index in [1.54, 1.807) is 0 Å². The maximum atomic E-state index is 2.52. The van der Waals surface area contributed by atoms with Crippen molar-refractivity contribution in [2.75, 3.05) is 4.90 Å². The van der Waals surface area contributed by atoms with Gasteiger partial charge in [-0.15, -0.1) is 0 Å². The third-order valence-electron chi connectivity index (χ3n) is 13.9. The topological polar surface area (TPSA) is 3.24 Å². The number of rotatable bonds is 7. The van der Waals surface area contributed by atoms with Crippen LogP contribution in [0.4, 0.5) is 17.1 Å². The van der Waals surface area contributed by atoms with Gasteiger partial charge in [0.1, 0.15) is 0 Å². The van der Waals surface area contributed by atoms with Gasteiger partial charge in [0.05, 0.1) is 11.1 Å². The molecule has 0 atom stereocenters. The van der Waals surface area contributed by atoms with Crippen molar-refractivity contribution in [2.24, 2.45) is 0 Å². The van der Waals surface area contributed by atoms with Gasteiger partial charge in [0.15, 0.2) is 0 Å². The molecule has 1 heteroatoms. The first-order valence-corrected chi connectivity index (χ1v) is 22.1. The first-order valence-electron chi connectivity index (χ1n) is 22.1. The summed E-state index contributed by atoms with van der Waals surface area (Å²) in [6.45, 7) is 4.75. The van der Waals surface area contributed by atoms with Crippen LogP contribution in [0.25, 0.3) is 55.3 Å². The van der Waals surface area contributed by atoms with Gasteiger partial charge in [-0.05, 0) is 120 Å². The number of nitrogens with zero attached hydrogens (tertiary/aromatic N) is 1. The van der Waals surface area contributed by atoms with Gasteiger partial charge in [-0.25, -0.2) is 0 Å². The molecule has 0 radical (unpaired) electrons. The van der Waals surface area contributed by atoms with Crippen LogP contribution in [-0.2, 0) is 10.8 Å². The maximum absolute atomic E-state index is 2.52. The van der Waals surface area contributed by atoms with E-state index >= 15 is 0 Å². The molecule has 0 heterocycles. The molecular weight excluding hydrogens is 759 g/mol. The van der Waals surface area contributed by atoms with Crippen LogP contribution in [0.5, 0.6) is 0 Å². The Morgan fingerprint density at radius 1 is 0.317 bits per heavy atom. The van der Waals surface area contributed by atoms with Crippen molar-refractivity contribution in [1.82, 2.24) is 0 Å². The summed E-state index contributed by atoms with van der Waals surface area (Å²) in [7, 11) is 0. The molecule has 10 aromatic rings. The number of hydrogen-bond donors (Lipinski definition) is 0. The Morgan fingerprint density at radius 3 is 1.43 bits per heavy atom. The van der Waals surface area contributed by atoms with E-state index in [0.717, 1.165) is 17.1 Å². The van der Waals surface area contributed by atoms with Crippen LogP contribution >= 0.6 is 0 Å². The largest absolute Gasteiger partial charge is 0.310 e. The van der Waals surface area contributed by atoms with E-state index in [4.69, 9.17) is 0 Å². The molecule has 0 aliphatic heterocycles. The highest BCUT2D eigenvalue weighted by Crippen LogP contribution is 2.60. The normalized spacial score (nSPS) is 13.8. The van der Waals surface area contributed by atoms with Crippen molar-refractivity contribution in [3.63, 3.8) is 0 Å². The van der Waals surface area contributed by atoms with Gasteiger partial charge in [-0.2, -0.15) is 0 Å². The number of fused-ring (bicyclic) bond motifs is 8. The quantitative estimate of drug-likeness (QED) is 0.155. The van der Waals surface area contributed by atoms with Crippen molar-refractivity contribution in [1.29, 1.82) is 0 Å². The molecule has 63 heavy (non-hydrogen) atoms. The van der Waals surface area contributed by atoms with Crippen LogP contribution in [0.15, 0.2) is 237 Å². The molecule has 0 amide bonds. The van der Waals surface area contributed by atoms with E-state index in [2.05, 4.69) is 255 Å². The first-order chi connectivity index (χ1) is 31.0. The first kappa shape index (κ1) is 37.1. The summed E-state index contributed by atoms with van der Waals surface area (Å²) < 4.78 is 0. The molecule has 0 spiro atoms. The molecule has 0 N–H and O–H groups in total. The molecule has 10 aromatic carbocycles. The Labute approximate surface area is 370 Å². The molecule has 0 bridgehead atoms. The number of anilines is 3. The zero-order valence-corrected chi connectivity index (χ0v) is 35.5. The lowest BCUT2D eigenvalue weighted by Crippen LogP contribution is -2.29. The van der Waals surface area contributed by atoms with Gasteiger partial charge in [-0.3, -0.25) is 0 Å². The smallest absolute Gasteiger partial charge is 0.0719 e. The van der Waals surface area contributed by atoms with Crippen molar-refractivity contribution in [2.45, 2.75) is 24.7 Å². The molecule has 0 unspecified atom stereocenters. The van der Waals surface area contributed by atoms with Gasteiger partial charge >= 0.3 is 0 Å². The van der Waals surface area contributed by atoms with Crippen LogP contribution in [0.1, 0.15) is 47.2 Å². The Bertz CT molecular complexity index is 3290. The fraction of sp³-hybridized carbons (Fsp3) is 0.0645. The molecule has 2 aliphatic rings. The summed E-state index contributed by atoms with van der Waals surface area (Å²) in [6, 6.07) is 87.9. The fourth-order valence-electron chi connectivity index (χ4n) is 11.0. The minimum absolute atomic E-state index is 0.154. The van der Waals surface area contributed by atoms with Crippen LogP contribution in [0, 0.1) is 0 Å². The van der Waals surface area contributed by atoms with Gasteiger partial charge in [-0.1, -0.05) is 214 Å². The van der Waals surface area contributed by atoms with Crippen molar-refractivity contribution in [3.8, 4) is 44.5 Å². The summed E-state index contributed by atoms with van der Waals surface area (Å²) in [6.07, 6.45) is 0. The van der Waals surface area contributed by atoms with Crippen molar-refractivity contribution < 1.29 is 0 Å². The highest BCUT2D eigenvalue weighted by molar-refractivity contribution is 6.10. The van der Waals surface area contributed by atoms with Crippen LogP contribution in [0.2, 0.25) is 0 Å². The Morgan fingerprint density at radius 2 is 0.794 bits per heavy atom. The second-order valence-corrected chi connectivity index (χ2v) is 17.6. The van der Waals surface area contributed by atoms with Gasteiger partial charge in [0, 0.05) is 22.2 Å². The van der Waals surface area contributed by atoms with Crippen molar-refractivity contribution >= 4 is 27.8 Å². The average molecular weight is 804 g/mol. The predicted molar refractivity (Wildman–Crippen MR) is 264 cm³/mol. The van der Waals surface area contributed by atoms with E-state index in [1.165, 1.54) is 88.7 Å². The second-order valence-electron chi connectivity index (χ2n) is 17.6. The molecule has 0 fully saturated rings. The number of benzene rings is 10. The Balaban J connectivity index is 1.19. The van der Waals surface area contributed by atoms with Crippen LogP contribution in [-0.4, -0.2) is 0 Å². The summed E-state index contributed by atoms with van der Waals surface area (Å²) in [4.78, 5) is 2.52. The van der Waals surface area contributed by atoms with Gasteiger partial charge in [0.25, 0.3) is 0 Å². The zero-order valence-electron chi connectivity index (χ0n) is 35.5. The van der Waals surface area contributed by atoms with Crippen molar-refractivity contribution in [3.05, 3.63) is 270 Å². The zero-order chi connectivity index (χ0) is 42.1. The third kappa shape index (κ3) is 5.63. The highest BCUT2D eigenvalue weighted by Gasteiger charge is 2.48. The SMILES string of the molecule is CC1(C)c2ccccc2-c2ccc(N(c3ccc(-c4ccccc4)cc3)c3cc4c(c5cc(-c6ccccc6)ccc35)C(c3ccccc3)(c3ccccc3)c3ccccc3-4)cc21. The summed E-state index contributed by atoms with van der Waals surface area (Å²) in [5.74, 6) is 0. The molecule has 0 aromatic heterocycles. The predicted octanol–water partition coefficient (Wildman–Crippen LogP) is 16.3. The van der Waals surface area contributed by atoms with Crippen LogP contribution in [0.3, 0.4) is 0 Å². The lowest BCUT2D eigenvalue weighted by Gasteiger charge is -2.35. The maximum Gasteiger partial charge on any atom is 0.0719 e. The lowest BCUT2D eigenvalue weighted by atomic mass is 9.66. The summed E-state index contributed by atoms with van der Waals surface area (Å²) >= 11 is 0. The number of hydrogen-bond acceptors (Lipinski definition) is 1. The fourth-order valence-corrected chi connectivity index (χ4v) is 11.0. The van der Waals surface area contributed by atoms with E-state index in [9.17, 15) is 0 Å². The minimum atomic E-state index is -0.563. The molecule has 0 saturated carbocycles. The highest BCUT2D eigenvalue weighted by atomic mass is 15.1. The minimum Gasteiger partial charge on any atom is -0.310 e. The summed E-state index contributed by atoms with van der Waals surface area (Å²) in [5, 5.41) is 2.44. The standard InChI is InChI=1S/C62H45N/c1-61(2)56-29-17-15-27-50(56)52-38-36-49(40-58(52)61)63(48-34-31-44(32-35-48)42-19-7-3-8-20-42)59-41-55-51-28-16-18-30-57(51)62(46-23-11-5-12-24-46,47-25-13-6-14-26-47)60(55)54-39-45(33-37-53(54)59)43-21-9-4-10-22-43/h3-41H,1-2H3. The molecule has 1 nitrogen and oxygen atoms in total. The second kappa shape index (κ2) is 14.4. The van der Waals surface area contributed by atoms with E-state index < -0.39 is 5.41 Å². The van der Waals surface area contributed by atoms with Crippen LogP contribution < -0.4 is 4.90 Å². The van der Waals surface area contributed by atoms with Gasteiger partial charge in [0.2, 0.25) is 0 Å². The average Bonchev–Trinajstić information content (AvgIpc) is 3.78. The molecule has 0 saturated heterocycles. The lowest BCUT2D eigenvalue weighted by molar-refractivity contribution is 0.660. The molecule has 2 aliphatic carbocycles. The Hall–Kier alpha value is -7.74. The molecular formula is C62H45N. The third-order valence-corrected chi connectivity index (χ3v) is 13.9.